The van der Waals surface area contributed by atoms with Gasteiger partial charge in [-0.05, 0) is 18.2 Å². The highest BCUT2D eigenvalue weighted by atomic mass is 16.6. The van der Waals surface area contributed by atoms with Crippen molar-refractivity contribution >= 4 is 17.1 Å². The van der Waals surface area contributed by atoms with Gasteiger partial charge in [-0.3, -0.25) is 10.1 Å². The van der Waals surface area contributed by atoms with Crippen LogP contribution in [0.1, 0.15) is 0 Å². The van der Waals surface area contributed by atoms with Gasteiger partial charge >= 0.3 is 0 Å². The zero-order valence-corrected chi connectivity index (χ0v) is 8.85. The first-order valence-electron chi connectivity index (χ1n) is 4.97. The Bertz CT molecular complexity index is 553. The van der Waals surface area contributed by atoms with Crippen LogP contribution in [-0.2, 0) is 0 Å². The van der Waals surface area contributed by atoms with Gasteiger partial charge in [0.2, 0.25) is 0 Å². The van der Waals surface area contributed by atoms with Crippen molar-refractivity contribution in [2.24, 2.45) is 10.2 Å². The van der Waals surface area contributed by atoms with Gasteiger partial charge in [0.25, 0.3) is 5.69 Å². The average molecular weight is 227 g/mol. The summed E-state index contributed by atoms with van der Waals surface area (Å²) in [6.45, 7) is 0. The van der Waals surface area contributed by atoms with Crippen molar-refractivity contribution in [3.05, 3.63) is 64.7 Å². The van der Waals surface area contributed by atoms with Gasteiger partial charge in [-0.2, -0.15) is 10.2 Å². The summed E-state index contributed by atoms with van der Waals surface area (Å²) in [5, 5.41) is 18.5. The van der Waals surface area contributed by atoms with E-state index in [4.69, 9.17) is 0 Å². The standard InChI is InChI=1S/C12H9N3O2/c16-15(17)12-8-4-7-11(9-12)14-13-10-5-2-1-3-6-10/h1-9H. The summed E-state index contributed by atoms with van der Waals surface area (Å²) in [5.74, 6) is 0. The van der Waals surface area contributed by atoms with E-state index >= 15 is 0 Å². The highest BCUT2D eigenvalue weighted by Gasteiger charge is 2.04. The van der Waals surface area contributed by atoms with Gasteiger partial charge < -0.3 is 0 Å². The van der Waals surface area contributed by atoms with E-state index in [9.17, 15) is 10.1 Å². The van der Waals surface area contributed by atoms with Crippen LogP contribution in [0.2, 0.25) is 0 Å². The topological polar surface area (TPSA) is 67.9 Å². The van der Waals surface area contributed by atoms with Crippen molar-refractivity contribution in [3.63, 3.8) is 0 Å². The van der Waals surface area contributed by atoms with Gasteiger partial charge in [0.05, 0.1) is 16.3 Å². The van der Waals surface area contributed by atoms with Crippen LogP contribution in [0.15, 0.2) is 64.8 Å². The van der Waals surface area contributed by atoms with E-state index in [2.05, 4.69) is 10.2 Å². The van der Waals surface area contributed by atoms with Crippen LogP contribution in [0.3, 0.4) is 0 Å². The molecule has 0 spiro atoms. The molecule has 0 bridgehead atoms. The van der Waals surface area contributed by atoms with Gasteiger partial charge in [0.15, 0.2) is 0 Å². The van der Waals surface area contributed by atoms with Crippen LogP contribution in [0, 0.1) is 10.1 Å². The molecule has 0 atom stereocenters. The monoisotopic (exact) mass is 227 g/mol. The van der Waals surface area contributed by atoms with E-state index in [1.165, 1.54) is 12.1 Å². The molecule has 2 rings (SSSR count). The molecule has 5 heteroatoms. The molecule has 0 aliphatic carbocycles. The first-order chi connectivity index (χ1) is 8.25. The molecule has 2 aromatic carbocycles. The van der Waals surface area contributed by atoms with Gasteiger partial charge in [-0.1, -0.05) is 24.3 Å². The lowest BCUT2D eigenvalue weighted by Crippen LogP contribution is -1.85. The molecule has 84 valence electrons. The van der Waals surface area contributed by atoms with Crippen LogP contribution in [0.4, 0.5) is 17.1 Å². The lowest BCUT2D eigenvalue weighted by molar-refractivity contribution is -0.384. The molecule has 2 aromatic rings. The lowest BCUT2D eigenvalue weighted by Gasteiger charge is -1.93. The number of hydrogen-bond donors (Lipinski definition) is 0. The molecule has 0 aliphatic heterocycles. The Morgan fingerprint density at radius 1 is 0.882 bits per heavy atom. The Hall–Kier alpha value is -2.56. The molecule has 0 aromatic heterocycles. The van der Waals surface area contributed by atoms with E-state index < -0.39 is 4.92 Å². The van der Waals surface area contributed by atoms with Crippen molar-refractivity contribution in [3.8, 4) is 0 Å². The Morgan fingerprint density at radius 3 is 2.24 bits per heavy atom. The number of non-ortho nitro benzene ring substituents is 1. The number of nitro benzene ring substituents is 1. The lowest BCUT2D eigenvalue weighted by atomic mass is 10.3. The SMILES string of the molecule is O=[N+]([O-])c1cccc(N=Nc2ccccc2)c1. The predicted molar refractivity (Wildman–Crippen MR) is 63.7 cm³/mol. The van der Waals surface area contributed by atoms with E-state index in [-0.39, 0.29) is 5.69 Å². The fourth-order valence-electron chi connectivity index (χ4n) is 1.28. The van der Waals surface area contributed by atoms with Crippen molar-refractivity contribution in [1.29, 1.82) is 0 Å². The normalized spacial score (nSPS) is 10.6. The third-order valence-electron chi connectivity index (χ3n) is 2.08. The summed E-state index contributed by atoms with van der Waals surface area (Å²) in [5.41, 5.74) is 1.18. The number of azo groups is 1. The summed E-state index contributed by atoms with van der Waals surface area (Å²) in [7, 11) is 0. The maximum Gasteiger partial charge on any atom is 0.271 e. The van der Waals surface area contributed by atoms with E-state index in [0.717, 1.165) is 0 Å². The van der Waals surface area contributed by atoms with E-state index in [1.807, 2.05) is 18.2 Å². The van der Waals surface area contributed by atoms with Gasteiger partial charge in [-0.25, -0.2) is 0 Å². The van der Waals surface area contributed by atoms with Crippen LogP contribution in [-0.4, -0.2) is 4.92 Å². The van der Waals surface area contributed by atoms with Crippen LogP contribution in [0.5, 0.6) is 0 Å². The second kappa shape index (κ2) is 4.98. The Morgan fingerprint density at radius 2 is 1.53 bits per heavy atom. The molecule has 0 saturated carbocycles. The third kappa shape index (κ3) is 2.94. The second-order valence-electron chi connectivity index (χ2n) is 3.31. The van der Waals surface area contributed by atoms with E-state index in [1.54, 1.807) is 24.3 Å². The molecule has 0 unspecified atom stereocenters. The molecule has 0 N–H and O–H groups in total. The first-order valence-corrected chi connectivity index (χ1v) is 4.97. The molecule has 17 heavy (non-hydrogen) atoms. The summed E-state index contributed by atoms with van der Waals surface area (Å²) in [4.78, 5) is 10.1. The highest BCUT2D eigenvalue weighted by molar-refractivity contribution is 5.47. The highest BCUT2D eigenvalue weighted by Crippen LogP contribution is 2.22. The number of rotatable bonds is 3. The average Bonchev–Trinajstić information content (AvgIpc) is 2.38. The van der Waals surface area contributed by atoms with Gasteiger partial charge in [0, 0.05) is 12.1 Å². The fraction of sp³-hybridized carbons (Fsp3) is 0. The number of nitro groups is 1. The van der Waals surface area contributed by atoms with Crippen LogP contribution >= 0.6 is 0 Å². The molecule has 0 radical (unpaired) electrons. The predicted octanol–water partition coefficient (Wildman–Crippen LogP) is 4.01. The summed E-state index contributed by atoms with van der Waals surface area (Å²) in [6, 6.07) is 15.2. The summed E-state index contributed by atoms with van der Waals surface area (Å²) >= 11 is 0. The fourth-order valence-corrected chi connectivity index (χ4v) is 1.28. The number of hydrogen-bond acceptors (Lipinski definition) is 4. The van der Waals surface area contributed by atoms with E-state index in [0.29, 0.717) is 11.4 Å². The minimum atomic E-state index is -0.457. The number of benzene rings is 2. The molecular formula is C12H9N3O2. The minimum absolute atomic E-state index is 0.00881. The molecule has 0 heterocycles. The van der Waals surface area contributed by atoms with Gasteiger partial charge in [-0.15, -0.1) is 0 Å². The Balaban J connectivity index is 2.22. The van der Waals surface area contributed by atoms with Crippen molar-refractivity contribution in [2.75, 3.05) is 0 Å². The molecular weight excluding hydrogens is 218 g/mol. The minimum Gasteiger partial charge on any atom is -0.258 e. The molecule has 0 saturated heterocycles. The quantitative estimate of drug-likeness (QED) is 0.451. The van der Waals surface area contributed by atoms with Crippen molar-refractivity contribution < 1.29 is 4.92 Å². The van der Waals surface area contributed by atoms with Gasteiger partial charge in [0.1, 0.15) is 0 Å². The van der Waals surface area contributed by atoms with Crippen LogP contribution < -0.4 is 0 Å². The summed E-state index contributed by atoms with van der Waals surface area (Å²) < 4.78 is 0. The Kier molecular flexibility index (Phi) is 3.20. The molecule has 0 aliphatic rings. The van der Waals surface area contributed by atoms with Crippen molar-refractivity contribution in [2.45, 2.75) is 0 Å². The largest absolute Gasteiger partial charge is 0.271 e. The maximum absolute atomic E-state index is 10.6. The Labute approximate surface area is 97.6 Å². The molecule has 5 nitrogen and oxygen atoms in total. The number of nitrogens with zero attached hydrogens (tertiary/aromatic N) is 3. The zero-order valence-electron chi connectivity index (χ0n) is 8.85. The zero-order chi connectivity index (χ0) is 12.1. The molecule has 0 fully saturated rings. The van der Waals surface area contributed by atoms with Crippen LogP contribution in [0.25, 0.3) is 0 Å². The first kappa shape index (κ1) is 10.9. The van der Waals surface area contributed by atoms with Crippen molar-refractivity contribution in [1.82, 2.24) is 0 Å². The molecule has 0 amide bonds. The smallest absolute Gasteiger partial charge is 0.258 e. The summed E-state index contributed by atoms with van der Waals surface area (Å²) in [6.07, 6.45) is 0. The second-order valence-corrected chi connectivity index (χ2v) is 3.31. The maximum atomic E-state index is 10.6. The third-order valence-corrected chi connectivity index (χ3v) is 2.08.